The van der Waals surface area contributed by atoms with E-state index < -0.39 is 23.9 Å². The molecule has 2 aromatic rings. The monoisotopic (exact) mass is 347 g/mol. The number of hydrogen-bond acceptors (Lipinski definition) is 5. The van der Waals surface area contributed by atoms with Crippen LogP contribution in [0.1, 0.15) is 24.0 Å². The van der Waals surface area contributed by atoms with Gasteiger partial charge in [-0.25, -0.2) is 0 Å². The van der Waals surface area contributed by atoms with Crippen molar-refractivity contribution in [3.8, 4) is 11.5 Å². The Morgan fingerprint density at radius 1 is 0.960 bits per heavy atom. The lowest BCUT2D eigenvalue weighted by molar-refractivity contribution is -0.139. The van der Waals surface area contributed by atoms with E-state index in [-0.39, 0.29) is 17.9 Å². The predicted molar refractivity (Wildman–Crippen MR) is 91.6 cm³/mol. The van der Waals surface area contributed by atoms with Crippen molar-refractivity contribution in [2.24, 2.45) is 5.73 Å². The topological polar surface area (TPSA) is 141 Å². The van der Waals surface area contributed by atoms with Crippen LogP contribution in [0.4, 0.5) is 0 Å². The van der Waals surface area contributed by atoms with E-state index in [4.69, 9.17) is 21.1 Å². The molecule has 134 valence electrons. The Labute approximate surface area is 145 Å². The van der Waals surface area contributed by atoms with E-state index in [9.17, 15) is 14.7 Å². The van der Waals surface area contributed by atoms with E-state index in [1.807, 2.05) is 0 Å². The highest BCUT2D eigenvalue weighted by atomic mass is 16.4. The van der Waals surface area contributed by atoms with Gasteiger partial charge in [-0.1, -0.05) is 30.3 Å². The summed E-state index contributed by atoms with van der Waals surface area (Å²) >= 11 is 0. The van der Waals surface area contributed by atoms with Gasteiger partial charge in [-0.15, -0.1) is 0 Å². The van der Waals surface area contributed by atoms with E-state index in [1.165, 1.54) is 25.1 Å². The van der Waals surface area contributed by atoms with Gasteiger partial charge >= 0.3 is 11.9 Å². The summed E-state index contributed by atoms with van der Waals surface area (Å²) in [5, 5.41) is 35.4. The summed E-state index contributed by atoms with van der Waals surface area (Å²) in [7, 11) is 0. The summed E-state index contributed by atoms with van der Waals surface area (Å²) in [4.78, 5) is 20.9. The number of carbonyl (C=O) groups is 2. The average molecular weight is 347 g/mol. The quantitative estimate of drug-likeness (QED) is 0.556. The number of hydrogen-bond donors (Lipinski definition) is 5. The van der Waals surface area contributed by atoms with Gasteiger partial charge < -0.3 is 26.2 Å². The molecule has 0 aromatic heterocycles. The molecular weight excluding hydrogens is 326 g/mol. The smallest absolute Gasteiger partial charge is 0.320 e. The van der Waals surface area contributed by atoms with Crippen LogP contribution in [0.5, 0.6) is 11.5 Å². The molecule has 0 bridgehead atoms. The molecule has 6 N–H and O–H groups in total. The van der Waals surface area contributed by atoms with Crippen molar-refractivity contribution in [1.29, 1.82) is 0 Å². The maximum Gasteiger partial charge on any atom is 0.320 e. The summed E-state index contributed by atoms with van der Waals surface area (Å²) in [5.74, 6) is -2.42. The molecule has 2 aromatic carbocycles. The number of phenols is 2. The fraction of sp³-hybridized carbons (Fsp3) is 0.222. The molecular formula is C18H21NO6. The Morgan fingerprint density at radius 3 is 2.00 bits per heavy atom. The standard InChI is InChI=1S/C9H11NO3.C9H10O3/c10-8(9(12)13)5-6-1-3-7(11)4-2-6;1-6(9(11)12)7-4-2-3-5-8(7)10/h1-4,8,11H,5,10H2,(H,12,13);2-6,10H,1H3,(H,11,12). The molecule has 0 amide bonds. The average Bonchev–Trinajstić information content (AvgIpc) is 2.57. The Bertz CT molecular complexity index is 714. The molecule has 25 heavy (non-hydrogen) atoms. The molecule has 2 unspecified atom stereocenters. The van der Waals surface area contributed by atoms with Crippen LogP contribution in [0.2, 0.25) is 0 Å². The second kappa shape index (κ2) is 9.29. The second-order valence-electron chi connectivity index (χ2n) is 5.43. The van der Waals surface area contributed by atoms with Gasteiger partial charge in [0.05, 0.1) is 5.92 Å². The zero-order valence-corrected chi connectivity index (χ0v) is 13.7. The highest BCUT2D eigenvalue weighted by Crippen LogP contribution is 2.24. The Morgan fingerprint density at radius 2 is 1.52 bits per heavy atom. The van der Waals surface area contributed by atoms with Gasteiger partial charge in [0.15, 0.2) is 0 Å². The van der Waals surface area contributed by atoms with Crippen LogP contribution < -0.4 is 5.73 Å². The third-order valence-electron chi connectivity index (χ3n) is 3.48. The summed E-state index contributed by atoms with van der Waals surface area (Å²) in [6.45, 7) is 1.54. The zero-order chi connectivity index (χ0) is 19.0. The van der Waals surface area contributed by atoms with Gasteiger partial charge in [0, 0.05) is 5.56 Å². The number of benzene rings is 2. The fourth-order valence-corrected chi connectivity index (χ4v) is 1.96. The number of aliphatic carboxylic acids is 2. The molecule has 0 saturated carbocycles. The van der Waals surface area contributed by atoms with Gasteiger partial charge in [-0.05, 0) is 37.1 Å². The Balaban J connectivity index is 0.000000251. The second-order valence-corrected chi connectivity index (χ2v) is 5.43. The van der Waals surface area contributed by atoms with E-state index in [1.54, 1.807) is 30.3 Å². The van der Waals surface area contributed by atoms with Crippen LogP contribution in [0.3, 0.4) is 0 Å². The summed E-state index contributed by atoms with van der Waals surface area (Å²) in [6.07, 6.45) is 0.273. The first-order chi connectivity index (χ1) is 11.7. The SMILES string of the molecule is CC(C(=O)O)c1ccccc1O.NC(Cc1ccc(O)cc1)C(=O)O. The summed E-state index contributed by atoms with van der Waals surface area (Å²) in [5.41, 5.74) is 6.57. The predicted octanol–water partition coefficient (Wildman–Crippen LogP) is 1.93. The van der Waals surface area contributed by atoms with Gasteiger partial charge in [0.25, 0.3) is 0 Å². The number of rotatable bonds is 5. The molecule has 2 rings (SSSR count). The maximum absolute atomic E-state index is 10.5. The fourth-order valence-electron chi connectivity index (χ4n) is 1.96. The molecule has 0 aliphatic rings. The highest BCUT2D eigenvalue weighted by Gasteiger charge is 2.16. The number of nitrogens with two attached hydrogens (primary N) is 1. The van der Waals surface area contributed by atoms with Gasteiger partial charge in [0.1, 0.15) is 17.5 Å². The first-order valence-electron chi connectivity index (χ1n) is 7.49. The minimum absolute atomic E-state index is 0.0346. The number of phenolic OH excluding ortho intramolecular Hbond substituents is 2. The molecule has 0 heterocycles. The number of aromatic hydroxyl groups is 2. The van der Waals surface area contributed by atoms with E-state index >= 15 is 0 Å². The minimum atomic E-state index is -1.02. The molecule has 0 aliphatic carbocycles. The molecule has 0 spiro atoms. The summed E-state index contributed by atoms with van der Waals surface area (Å²) in [6, 6.07) is 11.9. The van der Waals surface area contributed by atoms with Crippen molar-refractivity contribution >= 4 is 11.9 Å². The third-order valence-corrected chi connectivity index (χ3v) is 3.48. The molecule has 0 aliphatic heterocycles. The lowest BCUT2D eigenvalue weighted by Crippen LogP contribution is -2.32. The van der Waals surface area contributed by atoms with Crippen LogP contribution in [0.15, 0.2) is 48.5 Å². The lowest BCUT2D eigenvalue weighted by atomic mass is 10.0. The van der Waals surface area contributed by atoms with Crippen LogP contribution in [0.25, 0.3) is 0 Å². The molecule has 0 fully saturated rings. The minimum Gasteiger partial charge on any atom is -0.508 e. The molecule has 0 radical (unpaired) electrons. The van der Waals surface area contributed by atoms with Crippen LogP contribution in [-0.2, 0) is 16.0 Å². The van der Waals surface area contributed by atoms with Crippen molar-refractivity contribution < 1.29 is 30.0 Å². The number of carboxylic acids is 2. The van der Waals surface area contributed by atoms with Crippen LogP contribution in [0, 0.1) is 0 Å². The Kier molecular flexibility index (Phi) is 7.43. The number of para-hydroxylation sites is 1. The molecule has 7 nitrogen and oxygen atoms in total. The molecule has 7 heteroatoms. The summed E-state index contributed by atoms with van der Waals surface area (Å²) < 4.78 is 0. The van der Waals surface area contributed by atoms with Crippen molar-refractivity contribution in [2.75, 3.05) is 0 Å². The first-order valence-corrected chi connectivity index (χ1v) is 7.49. The van der Waals surface area contributed by atoms with Crippen molar-refractivity contribution in [3.63, 3.8) is 0 Å². The van der Waals surface area contributed by atoms with Crippen molar-refractivity contribution in [3.05, 3.63) is 59.7 Å². The lowest BCUT2D eigenvalue weighted by Gasteiger charge is -2.07. The highest BCUT2D eigenvalue weighted by molar-refractivity contribution is 5.76. The van der Waals surface area contributed by atoms with E-state index in [0.717, 1.165) is 5.56 Å². The Hall–Kier alpha value is -3.06. The van der Waals surface area contributed by atoms with Gasteiger partial charge in [-0.3, -0.25) is 9.59 Å². The van der Waals surface area contributed by atoms with Gasteiger partial charge in [-0.2, -0.15) is 0 Å². The normalized spacial score (nSPS) is 12.4. The van der Waals surface area contributed by atoms with Crippen LogP contribution in [-0.4, -0.2) is 38.4 Å². The van der Waals surface area contributed by atoms with Crippen LogP contribution >= 0.6 is 0 Å². The van der Waals surface area contributed by atoms with E-state index in [0.29, 0.717) is 5.56 Å². The van der Waals surface area contributed by atoms with Crippen molar-refractivity contribution in [2.45, 2.75) is 25.3 Å². The van der Waals surface area contributed by atoms with Gasteiger partial charge in [0.2, 0.25) is 0 Å². The molecule has 0 saturated heterocycles. The molecule has 2 atom stereocenters. The largest absolute Gasteiger partial charge is 0.508 e. The first kappa shape index (κ1) is 20.0. The van der Waals surface area contributed by atoms with Crippen molar-refractivity contribution in [1.82, 2.24) is 0 Å². The number of carboxylic acid groups (broad SMARTS) is 2. The maximum atomic E-state index is 10.5. The third kappa shape index (κ3) is 6.52. The zero-order valence-electron chi connectivity index (χ0n) is 13.7. The van der Waals surface area contributed by atoms with E-state index in [2.05, 4.69) is 0 Å².